The number of hydrogen-bond acceptors (Lipinski definition) is 3. The van der Waals surface area contributed by atoms with Crippen molar-refractivity contribution < 1.29 is 10.3 Å². The van der Waals surface area contributed by atoms with Gasteiger partial charge in [-0.05, 0) is 18.2 Å². The first-order valence-corrected chi connectivity index (χ1v) is 4.08. The van der Waals surface area contributed by atoms with Crippen LogP contribution < -0.4 is 0 Å². The van der Waals surface area contributed by atoms with E-state index in [9.17, 15) is 4.79 Å². The Morgan fingerprint density at radius 1 is 1.50 bits per heavy atom. The number of benzene rings is 1. The average molecular weight is 240 g/mol. The fraction of sp³-hybridized carbons (Fsp3) is 0.100. The molecule has 0 fully saturated rings. The second-order valence-electron chi connectivity index (χ2n) is 2.96. The quantitative estimate of drug-likeness (QED) is 0.691. The molecule has 0 aliphatic carbocycles. The van der Waals surface area contributed by atoms with Crippen molar-refractivity contribution in [2.45, 2.75) is 0 Å². The highest BCUT2D eigenvalue weighted by molar-refractivity contribution is 5.85. The maximum Gasteiger partial charge on any atom is 0.185 e. The maximum atomic E-state index is 10.6. The number of aromatic nitrogens is 2. The molecule has 1 aromatic heterocycles. The zero-order valence-electron chi connectivity index (χ0n) is 8.47. The summed E-state index contributed by atoms with van der Waals surface area (Å²) in [6.07, 6.45) is 0.700. The van der Waals surface area contributed by atoms with E-state index in [2.05, 4.69) is 4.98 Å². The van der Waals surface area contributed by atoms with Crippen LogP contribution in [0.4, 0.5) is 0 Å². The number of carbonyl (C=O) groups excluding carboxylic acids is 1. The van der Waals surface area contributed by atoms with Crippen LogP contribution in [0.5, 0.6) is 0 Å². The Balaban J connectivity index is 0.00000112. The predicted molar refractivity (Wildman–Crippen MR) is 61.7 cm³/mol. The van der Waals surface area contributed by atoms with E-state index in [1.807, 2.05) is 6.07 Å². The van der Waals surface area contributed by atoms with E-state index in [0.717, 1.165) is 5.52 Å². The molecule has 1 heterocycles. The monoisotopic (exact) mass is 239 g/mol. The fourth-order valence-corrected chi connectivity index (χ4v) is 1.39. The van der Waals surface area contributed by atoms with Crippen LogP contribution in [-0.2, 0) is 7.05 Å². The number of imidazole rings is 1. The molecule has 0 aliphatic rings. The van der Waals surface area contributed by atoms with Crippen molar-refractivity contribution in [3.63, 3.8) is 0 Å². The number of nitriles is 1. The van der Waals surface area contributed by atoms with E-state index in [1.165, 1.54) is 0 Å². The first-order valence-electron chi connectivity index (χ1n) is 4.08. The highest BCUT2D eigenvalue weighted by Crippen LogP contribution is 2.15. The Kier molecular flexibility index (Phi) is 4.63. The van der Waals surface area contributed by atoms with Gasteiger partial charge in [0.05, 0.1) is 22.7 Å². The number of aldehydes is 1. The van der Waals surface area contributed by atoms with Gasteiger partial charge >= 0.3 is 0 Å². The molecule has 1 aromatic carbocycles. The number of halogens is 1. The average Bonchev–Trinajstić information content (AvgIpc) is 2.55. The van der Waals surface area contributed by atoms with Gasteiger partial charge in [0.15, 0.2) is 12.1 Å². The first kappa shape index (κ1) is 14.1. The van der Waals surface area contributed by atoms with E-state index in [-0.39, 0.29) is 17.9 Å². The van der Waals surface area contributed by atoms with E-state index in [1.54, 1.807) is 29.8 Å². The van der Waals surface area contributed by atoms with Gasteiger partial charge in [0, 0.05) is 7.05 Å². The summed E-state index contributed by atoms with van der Waals surface area (Å²) in [5, 5.41) is 8.68. The molecule has 0 aliphatic heterocycles. The standard InChI is InChI=1S/C10H7N3O.ClH.H2O/c1-13-9-3-2-7(5-11)4-8(9)12-10(13)6-14;;/h2-4,6H,1H3;1H;1H2. The molecular weight excluding hydrogens is 230 g/mol. The SMILES string of the molecule is Cl.Cn1c(C=O)nc2cc(C#N)ccc21.O. The lowest BCUT2D eigenvalue weighted by atomic mass is 10.2. The van der Waals surface area contributed by atoms with Crippen LogP contribution in [0, 0.1) is 11.3 Å². The van der Waals surface area contributed by atoms with Gasteiger partial charge in [0.2, 0.25) is 0 Å². The molecule has 2 N–H and O–H groups in total. The molecule has 2 aromatic rings. The Morgan fingerprint density at radius 2 is 2.19 bits per heavy atom. The molecule has 0 bridgehead atoms. The van der Waals surface area contributed by atoms with E-state index in [4.69, 9.17) is 5.26 Å². The lowest BCUT2D eigenvalue weighted by Crippen LogP contribution is -1.94. The molecule has 0 atom stereocenters. The van der Waals surface area contributed by atoms with Crippen LogP contribution in [0.2, 0.25) is 0 Å². The summed E-state index contributed by atoms with van der Waals surface area (Å²) in [7, 11) is 1.77. The third-order valence-corrected chi connectivity index (χ3v) is 2.15. The Labute approximate surface area is 98.0 Å². The normalized spacial score (nSPS) is 8.75. The summed E-state index contributed by atoms with van der Waals surface area (Å²) < 4.78 is 1.70. The van der Waals surface area contributed by atoms with Crippen LogP contribution in [0.1, 0.15) is 16.2 Å². The number of fused-ring (bicyclic) bond motifs is 1. The maximum absolute atomic E-state index is 10.6. The van der Waals surface area contributed by atoms with Crippen LogP contribution in [-0.4, -0.2) is 21.3 Å². The highest BCUT2D eigenvalue weighted by Gasteiger charge is 2.06. The van der Waals surface area contributed by atoms with Gasteiger partial charge in [-0.2, -0.15) is 5.26 Å². The second-order valence-corrected chi connectivity index (χ2v) is 2.96. The van der Waals surface area contributed by atoms with Gasteiger partial charge < -0.3 is 10.0 Å². The molecular formula is C10H10ClN3O2. The molecule has 2 rings (SSSR count). The summed E-state index contributed by atoms with van der Waals surface area (Å²) in [5.74, 6) is 0.370. The van der Waals surface area contributed by atoms with Gasteiger partial charge in [-0.1, -0.05) is 0 Å². The first-order chi connectivity index (χ1) is 6.76. The van der Waals surface area contributed by atoms with Crippen molar-refractivity contribution in [3.05, 3.63) is 29.6 Å². The van der Waals surface area contributed by atoms with Gasteiger partial charge in [0.25, 0.3) is 0 Å². The van der Waals surface area contributed by atoms with Crippen LogP contribution in [0.3, 0.4) is 0 Å². The van der Waals surface area contributed by atoms with Crippen molar-refractivity contribution in [2.24, 2.45) is 7.05 Å². The molecule has 0 amide bonds. The highest BCUT2D eigenvalue weighted by atomic mass is 35.5. The van der Waals surface area contributed by atoms with Crippen molar-refractivity contribution >= 4 is 29.7 Å². The van der Waals surface area contributed by atoms with Gasteiger partial charge in [-0.25, -0.2) is 4.98 Å². The summed E-state index contributed by atoms with van der Waals surface area (Å²) in [4.78, 5) is 14.7. The van der Waals surface area contributed by atoms with Gasteiger partial charge in [-0.3, -0.25) is 4.79 Å². The summed E-state index contributed by atoms with van der Waals surface area (Å²) in [5.41, 5.74) is 2.08. The van der Waals surface area contributed by atoms with Crippen molar-refractivity contribution in [1.82, 2.24) is 9.55 Å². The largest absolute Gasteiger partial charge is 0.412 e. The molecule has 6 heteroatoms. The molecule has 0 saturated heterocycles. The lowest BCUT2D eigenvalue weighted by molar-refractivity contribution is 0.111. The molecule has 0 radical (unpaired) electrons. The van der Waals surface area contributed by atoms with Crippen molar-refractivity contribution in [1.29, 1.82) is 5.26 Å². The molecule has 0 unspecified atom stereocenters. The summed E-state index contributed by atoms with van der Waals surface area (Å²) in [6, 6.07) is 7.19. The minimum absolute atomic E-state index is 0. The molecule has 16 heavy (non-hydrogen) atoms. The van der Waals surface area contributed by atoms with Crippen LogP contribution in [0.25, 0.3) is 11.0 Å². The molecule has 0 spiro atoms. The topological polar surface area (TPSA) is 90.2 Å². The Hall–Kier alpha value is -1.90. The van der Waals surface area contributed by atoms with Gasteiger partial charge in [-0.15, -0.1) is 12.4 Å². The zero-order valence-corrected chi connectivity index (χ0v) is 9.28. The zero-order chi connectivity index (χ0) is 10.1. The summed E-state index contributed by atoms with van der Waals surface area (Å²) >= 11 is 0. The number of nitrogens with zero attached hydrogens (tertiary/aromatic N) is 3. The number of hydrogen-bond donors (Lipinski definition) is 0. The minimum atomic E-state index is 0. The van der Waals surface area contributed by atoms with Crippen LogP contribution in [0.15, 0.2) is 18.2 Å². The number of carbonyl (C=O) groups is 1. The number of rotatable bonds is 1. The Morgan fingerprint density at radius 3 is 2.75 bits per heavy atom. The van der Waals surface area contributed by atoms with Crippen molar-refractivity contribution in [3.8, 4) is 6.07 Å². The lowest BCUT2D eigenvalue weighted by Gasteiger charge is -1.94. The third-order valence-electron chi connectivity index (χ3n) is 2.15. The molecule has 5 nitrogen and oxygen atoms in total. The second kappa shape index (κ2) is 5.26. The molecule has 0 saturated carbocycles. The smallest absolute Gasteiger partial charge is 0.185 e. The predicted octanol–water partition coefficient (Wildman–Crippen LogP) is 0.855. The van der Waals surface area contributed by atoms with E-state index >= 15 is 0 Å². The van der Waals surface area contributed by atoms with Crippen LogP contribution >= 0.6 is 12.4 Å². The minimum Gasteiger partial charge on any atom is -0.412 e. The fourth-order valence-electron chi connectivity index (χ4n) is 1.39. The van der Waals surface area contributed by atoms with Crippen molar-refractivity contribution in [2.75, 3.05) is 0 Å². The summed E-state index contributed by atoms with van der Waals surface area (Å²) in [6.45, 7) is 0. The van der Waals surface area contributed by atoms with E-state index < -0.39 is 0 Å². The third kappa shape index (κ3) is 2.03. The van der Waals surface area contributed by atoms with E-state index in [0.29, 0.717) is 23.2 Å². The Bertz CT molecular complexity index is 557. The number of aryl methyl sites for hydroxylation is 1. The molecule has 84 valence electrons. The van der Waals surface area contributed by atoms with Gasteiger partial charge in [0.1, 0.15) is 0 Å².